The third kappa shape index (κ3) is 4.43. The number of hydrogen-bond acceptors (Lipinski definition) is 7. The second kappa shape index (κ2) is 9.61. The lowest BCUT2D eigenvalue weighted by Gasteiger charge is -2.14. The first-order valence-electron chi connectivity index (χ1n) is 11.4. The van der Waals surface area contributed by atoms with Crippen molar-refractivity contribution >= 4 is 28.2 Å². The van der Waals surface area contributed by atoms with Crippen molar-refractivity contribution in [2.45, 2.75) is 26.2 Å². The molecule has 2 N–H and O–H groups in total. The maximum Gasteiger partial charge on any atom is 0.261 e. The second-order valence-electron chi connectivity index (χ2n) is 8.36. The third-order valence-electron chi connectivity index (χ3n) is 6.01. The second-order valence-corrected chi connectivity index (χ2v) is 8.36. The van der Waals surface area contributed by atoms with Crippen molar-refractivity contribution in [3.63, 3.8) is 0 Å². The Morgan fingerprint density at radius 1 is 1.11 bits per heavy atom. The first-order valence-corrected chi connectivity index (χ1v) is 11.4. The van der Waals surface area contributed by atoms with Crippen molar-refractivity contribution < 1.29 is 23.8 Å². The van der Waals surface area contributed by atoms with E-state index in [0.29, 0.717) is 33.8 Å². The number of aromatic nitrogens is 3. The molecule has 0 spiro atoms. The summed E-state index contributed by atoms with van der Waals surface area (Å²) in [5, 5.41) is 13.4. The minimum absolute atomic E-state index is 0.0221. The normalized spacial score (nSPS) is 12.9. The van der Waals surface area contributed by atoms with Crippen LogP contribution in [0.25, 0.3) is 16.6 Å². The Bertz CT molecular complexity index is 1520. The zero-order chi connectivity index (χ0) is 25.2. The maximum atomic E-state index is 14.9. The largest absolute Gasteiger partial charge is 0.506 e. The van der Waals surface area contributed by atoms with E-state index in [0.717, 1.165) is 30.9 Å². The predicted molar refractivity (Wildman–Crippen MR) is 133 cm³/mol. The molecule has 182 valence electrons. The number of anilines is 1. The number of nitrogens with one attached hydrogen (secondary N) is 1. The number of benzene rings is 1. The van der Waals surface area contributed by atoms with E-state index in [4.69, 9.17) is 9.47 Å². The number of methoxy groups -OCH3 is 1. The molecule has 0 aliphatic heterocycles. The van der Waals surface area contributed by atoms with Gasteiger partial charge in [0.2, 0.25) is 0 Å². The standard InChI is InChI=1S/C27H23FN4O4/c1-15-24(16-5-3-4-6-16)26(33)19(14-30-15)27(34)32-17-7-8-22(20(28)11-17)36-23-9-10-29-21-12-18(35-2)13-31-25(21)23/h5,7-14H,3-4,6H2,1-2H3,(H,30,33)(H,32,34). The molecule has 4 aromatic rings. The van der Waals surface area contributed by atoms with Gasteiger partial charge in [-0.15, -0.1) is 0 Å². The summed E-state index contributed by atoms with van der Waals surface area (Å²) in [5.41, 5.74) is 3.44. The van der Waals surface area contributed by atoms with Gasteiger partial charge in [0.25, 0.3) is 5.91 Å². The lowest BCUT2D eigenvalue weighted by molar-refractivity contribution is 0.102. The molecule has 0 saturated heterocycles. The summed E-state index contributed by atoms with van der Waals surface area (Å²) in [5.74, 6) is -0.584. The summed E-state index contributed by atoms with van der Waals surface area (Å²) in [6, 6.07) is 7.35. The number of pyridine rings is 3. The van der Waals surface area contributed by atoms with Gasteiger partial charge in [-0.2, -0.15) is 0 Å². The van der Waals surface area contributed by atoms with Gasteiger partial charge < -0.3 is 19.9 Å². The van der Waals surface area contributed by atoms with Crippen LogP contribution in [0.1, 0.15) is 40.9 Å². The van der Waals surface area contributed by atoms with Crippen LogP contribution < -0.4 is 14.8 Å². The number of carbonyl (C=O) groups is 1. The van der Waals surface area contributed by atoms with Crippen molar-refractivity contribution in [1.82, 2.24) is 15.0 Å². The molecule has 1 aliphatic rings. The number of hydrogen-bond donors (Lipinski definition) is 2. The quantitative estimate of drug-likeness (QED) is 0.355. The van der Waals surface area contributed by atoms with E-state index in [1.54, 1.807) is 19.1 Å². The van der Waals surface area contributed by atoms with E-state index in [2.05, 4.69) is 26.3 Å². The fourth-order valence-electron chi connectivity index (χ4n) is 4.20. The van der Waals surface area contributed by atoms with Crippen LogP contribution in [0.2, 0.25) is 0 Å². The van der Waals surface area contributed by atoms with Gasteiger partial charge in [0.05, 0.1) is 18.8 Å². The molecule has 0 bridgehead atoms. The van der Waals surface area contributed by atoms with Crippen LogP contribution in [0, 0.1) is 12.7 Å². The van der Waals surface area contributed by atoms with Crippen molar-refractivity contribution in [2.24, 2.45) is 0 Å². The Balaban J connectivity index is 1.37. The monoisotopic (exact) mass is 486 g/mol. The number of halogens is 1. The topological polar surface area (TPSA) is 106 Å². The van der Waals surface area contributed by atoms with E-state index < -0.39 is 11.7 Å². The van der Waals surface area contributed by atoms with Crippen LogP contribution in [-0.2, 0) is 0 Å². The van der Waals surface area contributed by atoms with Gasteiger partial charge in [-0.25, -0.2) is 9.37 Å². The molecular formula is C27H23FN4O4. The molecule has 9 heteroatoms. The lowest BCUT2D eigenvalue weighted by atomic mass is 10.00. The zero-order valence-corrected chi connectivity index (χ0v) is 19.7. The molecule has 1 amide bonds. The van der Waals surface area contributed by atoms with Crippen molar-refractivity contribution in [3.8, 4) is 23.0 Å². The smallest absolute Gasteiger partial charge is 0.261 e. The number of nitrogens with zero attached hydrogens (tertiary/aromatic N) is 3. The fraction of sp³-hybridized carbons (Fsp3) is 0.185. The summed E-state index contributed by atoms with van der Waals surface area (Å²) >= 11 is 0. The van der Waals surface area contributed by atoms with Gasteiger partial charge in [-0.05, 0) is 43.9 Å². The SMILES string of the molecule is COc1cnc2c(Oc3ccc(NC(=O)c4cnc(C)c(C5=CCCC5)c4O)cc3F)ccnc2c1. The highest BCUT2D eigenvalue weighted by atomic mass is 19.1. The summed E-state index contributed by atoms with van der Waals surface area (Å²) < 4.78 is 25.8. The van der Waals surface area contributed by atoms with Gasteiger partial charge in [0, 0.05) is 47.5 Å². The van der Waals surface area contributed by atoms with Gasteiger partial charge in [0.1, 0.15) is 22.6 Å². The molecule has 0 atom stereocenters. The van der Waals surface area contributed by atoms with E-state index in [1.165, 1.54) is 37.8 Å². The van der Waals surface area contributed by atoms with Crippen molar-refractivity contribution in [2.75, 3.05) is 12.4 Å². The van der Waals surface area contributed by atoms with Crippen LogP contribution in [0.15, 0.2) is 55.0 Å². The Labute approximate surface area is 206 Å². The third-order valence-corrected chi connectivity index (χ3v) is 6.01. The molecular weight excluding hydrogens is 463 g/mol. The van der Waals surface area contributed by atoms with Crippen molar-refractivity contribution in [3.05, 3.63) is 77.6 Å². The predicted octanol–water partition coefficient (Wildman–Crippen LogP) is 5.80. The molecule has 36 heavy (non-hydrogen) atoms. The number of aryl methyl sites for hydroxylation is 1. The number of allylic oxidation sites excluding steroid dienone is 2. The highest BCUT2D eigenvalue weighted by molar-refractivity contribution is 6.07. The molecule has 1 aliphatic carbocycles. The van der Waals surface area contributed by atoms with Crippen LogP contribution >= 0.6 is 0 Å². The Morgan fingerprint density at radius 2 is 1.97 bits per heavy atom. The molecule has 8 nitrogen and oxygen atoms in total. The van der Waals surface area contributed by atoms with E-state index >= 15 is 0 Å². The average Bonchev–Trinajstić information content (AvgIpc) is 3.40. The highest BCUT2D eigenvalue weighted by Crippen LogP contribution is 2.37. The lowest BCUT2D eigenvalue weighted by Crippen LogP contribution is -2.14. The molecule has 0 radical (unpaired) electrons. The molecule has 0 saturated carbocycles. The van der Waals surface area contributed by atoms with Crippen LogP contribution in [0.4, 0.5) is 10.1 Å². The maximum absolute atomic E-state index is 14.9. The van der Waals surface area contributed by atoms with Crippen molar-refractivity contribution in [1.29, 1.82) is 0 Å². The first-order chi connectivity index (χ1) is 17.4. The highest BCUT2D eigenvalue weighted by Gasteiger charge is 2.22. The van der Waals surface area contributed by atoms with E-state index in [-0.39, 0.29) is 22.7 Å². The number of aromatic hydroxyl groups is 1. The first kappa shape index (κ1) is 23.2. The van der Waals surface area contributed by atoms with Crippen LogP contribution in [0.5, 0.6) is 23.0 Å². The average molecular weight is 487 g/mol. The van der Waals surface area contributed by atoms with Gasteiger partial charge >= 0.3 is 0 Å². The minimum atomic E-state index is -0.686. The van der Waals surface area contributed by atoms with E-state index in [9.17, 15) is 14.3 Å². The summed E-state index contributed by atoms with van der Waals surface area (Å²) in [6.45, 7) is 1.79. The number of rotatable bonds is 6. The number of fused-ring (bicyclic) bond motifs is 1. The fourth-order valence-corrected chi connectivity index (χ4v) is 4.20. The molecule has 0 fully saturated rings. The van der Waals surface area contributed by atoms with Crippen LogP contribution in [-0.4, -0.2) is 33.1 Å². The van der Waals surface area contributed by atoms with Gasteiger partial charge in [-0.1, -0.05) is 6.08 Å². The molecule has 3 heterocycles. The Hall–Kier alpha value is -4.53. The molecule has 5 rings (SSSR count). The summed E-state index contributed by atoms with van der Waals surface area (Å²) in [7, 11) is 1.53. The summed E-state index contributed by atoms with van der Waals surface area (Å²) in [4.78, 5) is 25.7. The Kier molecular flexibility index (Phi) is 6.20. The van der Waals surface area contributed by atoms with Gasteiger partial charge in [-0.3, -0.25) is 14.8 Å². The summed E-state index contributed by atoms with van der Waals surface area (Å²) in [6.07, 6.45) is 9.18. The minimum Gasteiger partial charge on any atom is -0.506 e. The number of carbonyl (C=O) groups excluding carboxylic acids is 1. The molecule has 3 aromatic heterocycles. The molecule has 0 unspecified atom stereocenters. The molecule has 1 aromatic carbocycles. The van der Waals surface area contributed by atoms with Crippen LogP contribution in [0.3, 0.4) is 0 Å². The zero-order valence-electron chi connectivity index (χ0n) is 19.7. The van der Waals surface area contributed by atoms with E-state index in [1.807, 2.05) is 0 Å². The Morgan fingerprint density at radius 3 is 2.72 bits per heavy atom. The number of ether oxygens (including phenoxy) is 2. The number of amides is 1. The van der Waals surface area contributed by atoms with Gasteiger partial charge in [0.15, 0.2) is 17.3 Å².